The van der Waals surface area contributed by atoms with Crippen LogP contribution in [0.5, 0.6) is 0 Å². The van der Waals surface area contributed by atoms with E-state index in [0.29, 0.717) is 11.5 Å². The predicted molar refractivity (Wildman–Crippen MR) is 61.1 cm³/mol. The summed E-state index contributed by atoms with van der Waals surface area (Å²) in [6.07, 6.45) is 7.99. The topological polar surface area (TPSA) is 9.23 Å². The Labute approximate surface area is 93.7 Å². The largest absolute Gasteiger partial charge is 0.377 e. The van der Waals surface area contributed by atoms with Crippen LogP contribution in [-0.4, -0.2) is 17.1 Å². The van der Waals surface area contributed by atoms with Crippen LogP contribution in [-0.2, 0) is 4.74 Å². The summed E-state index contributed by atoms with van der Waals surface area (Å²) in [6, 6.07) is 0. The van der Waals surface area contributed by atoms with Gasteiger partial charge in [0.25, 0.3) is 0 Å². The first-order valence-corrected chi connectivity index (χ1v) is 7.05. The second-order valence-corrected chi connectivity index (χ2v) is 5.96. The Morgan fingerprint density at radius 3 is 2.92 bits per heavy atom. The number of fused-ring (bicyclic) bond motifs is 3. The normalized spacial score (nSPS) is 53.8. The third kappa shape index (κ3) is 1.14. The molecule has 0 aromatic carbocycles. The summed E-state index contributed by atoms with van der Waals surface area (Å²) in [5.41, 5.74) is 0.643. The summed E-state index contributed by atoms with van der Waals surface area (Å²) >= 11 is 2.51. The smallest absolute Gasteiger partial charge is 0.0724 e. The van der Waals surface area contributed by atoms with Gasteiger partial charge in [0, 0.05) is 16.4 Å². The van der Waals surface area contributed by atoms with Gasteiger partial charge in [-0.15, -0.1) is 0 Å². The molecule has 2 bridgehead atoms. The third-order valence-electron chi connectivity index (χ3n) is 4.69. The molecule has 2 heteroatoms. The van der Waals surface area contributed by atoms with Gasteiger partial charge in [-0.3, -0.25) is 0 Å². The molecule has 0 amide bonds. The Balaban J connectivity index is 1.88. The first-order valence-electron chi connectivity index (χ1n) is 5.53. The maximum atomic E-state index is 5.88. The van der Waals surface area contributed by atoms with Gasteiger partial charge in [0.2, 0.25) is 0 Å². The fraction of sp³-hybridized carbons (Fsp3) is 1.00. The summed E-state index contributed by atoms with van der Waals surface area (Å²) in [5, 5.41) is 0. The van der Waals surface area contributed by atoms with Crippen molar-refractivity contribution in [3.05, 3.63) is 0 Å². The van der Waals surface area contributed by atoms with E-state index >= 15 is 0 Å². The minimum absolute atomic E-state index is 0.600. The molecule has 4 unspecified atom stereocenters. The van der Waals surface area contributed by atoms with Crippen molar-refractivity contribution in [1.82, 2.24) is 0 Å². The van der Waals surface area contributed by atoms with E-state index in [0.717, 1.165) is 18.4 Å². The summed E-state index contributed by atoms with van der Waals surface area (Å²) in [6.45, 7) is 1.04. The van der Waals surface area contributed by atoms with Gasteiger partial charge in [-0.25, -0.2) is 0 Å². The second-order valence-electron chi connectivity index (χ2n) is 5.08. The Morgan fingerprint density at radius 2 is 2.31 bits per heavy atom. The fourth-order valence-corrected chi connectivity index (χ4v) is 5.23. The molecule has 4 atom stereocenters. The van der Waals surface area contributed by atoms with Crippen molar-refractivity contribution in [2.75, 3.05) is 11.0 Å². The molecule has 0 aromatic heterocycles. The van der Waals surface area contributed by atoms with E-state index in [-0.39, 0.29) is 0 Å². The highest BCUT2D eigenvalue weighted by molar-refractivity contribution is 14.1. The van der Waals surface area contributed by atoms with E-state index < -0.39 is 0 Å². The maximum Gasteiger partial charge on any atom is 0.0724 e. The molecule has 3 rings (SSSR count). The molecule has 2 saturated carbocycles. The van der Waals surface area contributed by atoms with Crippen LogP contribution in [0.15, 0.2) is 0 Å². The predicted octanol–water partition coefficient (Wildman–Crippen LogP) is 3.02. The van der Waals surface area contributed by atoms with Gasteiger partial charge in [-0.1, -0.05) is 29.0 Å². The second kappa shape index (κ2) is 3.09. The summed E-state index contributed by atoms with van der Waals surface area (Å²) < 4.78 is 7.09. The van der Waals surface area contributed by atoms with Crippen molar-refractivity contribution in [2.24, 2.45) is 17.3 Å². The molecule has 2 aliphatic carbocycles. The van der Waals surface area contributed by atoms with Gasteiger partial charge in [-0.2, -0.15) is 0 Å². The minimum atomic E-state index is 0.600. The maximum absolute atomic E-state index is 5.88. The van der Waals surface area contributed by atoms with Crippen LogP contribution in [0.4, 0.5) is 0 Å². The molecule has 3 fully saturated rings. The van der Waals surface area contributed by atoms with Gasteiger partial charge < -0.3 is 4.74 Å². The molecular weight excluding hydrogens is 275 g/mol. The molecule has 1 spiro atoms. The van der Waals surface area contributed by atoms with Gasteiger partial charge in [0.1, 0.15) is 0 Å². The van der Waals surface area contributed by atoms with E-state index in [4.69, 9.17) is 4.74 Å². The zero-order valence-corrected chi connectivity index (χ0v) is 10.1. The number of ether oxygens (including phenoxy) is 1. The van der Waals surface area contributed by atoms with Crippen LogP contribution in [0.1, 0.15) is 32.1 Å². The van der Waals surface area contributed by atoms with E-state index in [1.165, 1.54) is 36.5 Å². The van der Waals surface area contributed by atoms with Crippen molar-refractivity contribution < 1.29 is 4.74 Å². The fourth-order valence-electron chi connectivity index (χ4n) is 4.10. The summed E-state index contributed by atoms with van der Waals surface area (Å²) in [5.74, 6) is 2.09. The Kier molecular flexibility index (Phi) is 2.13. The molecule has 1 aliphatic heterocycles. The zero-order valence-electron chi connectivity index (χ0n) is 7.97. The highest BCUT2D eigenvalue weighted by Gasteiger charge is 2.56. The average Bonchev–Trinajstić information content (AvgIpc) is 2.80. The lowest BCUT2D eigenvalue weighted by atomic mass is 9.69. The number of rotatable bonds is 1. The van der Waals surface area contributed by atoms with Gasteiger partial charge in [0.05, 0.1) is 6.10 Å². The van der Waals surface area contributed by atoms with Crippen molar-refractivity contribution in [3.63, 3.8) is 0 Å². The minimum Gasteiger partial charge on any atom is -0.377 e. The molecule has 13 heavy (non-hydrogen) atoms. The van der Waals surface area contributed by atoms with Crippen LogP contribution in [0.2, 0.25) is 0 Å². The monoisotopic (exact) mass is 292 g/mol. The lowest BCUT2D eigenvalue weighted by Crippen LogP contribution is -2.37. The third-order valence-corrected chi connectivity index (χ3v) is 5.49. The standard InChI is InChI=1S/C11H17IO/c12-7-10-11(3-4-13-10)6-8-1-2-9(11)5-8/h8-10H,1-7H2. The quantitative estimate of drug-likeness (QED) is 0.533. The van der Waals surface area contributed by atoms with Crippen LogP contribution in [0, 0.1) is 17.3 Å². The van der Waals surface area contributed by atoms with E-state index in [1.54, 1.807) is 0 Å². The number of alkyl halides is 1. The molecule has 74 valence electrons. The van der Waals surface area contributed by atoms with Crippen LogP contribution in [0.25, 0.3) is 0 Å². The van der Waals surface area contributed by atoms with Crippen molar-refractivity contribution in [3.8, 4) is 0 Å². The van der Waals surface area contributed by atoms with Crippen molar-refractivity contribution >= 4 is 22.6 Å². The summed E-state index contributed by atoms with van der Waals surface area (Å²) in [4.78, 5) is 0. The first-order chi connectivity index (χ1) is 6.35. The van der Waals surface area contributed by atoms with E-state index in [9.17, 15) is 0 Å². The van der Waals surface area contributed by atoms with Crippen molar-refractivity contribution in [2.45, 2.75) is 38.2 Å². The molecule has 0 radical (unpaired) electrons. The Bertz CT molecular complexity index is 212. The van der Waals surface area contributed by atoms with Crippen LogP contribution in [0.3, 0.4) is 0 Å². The first kappa shape index (κ1) is 8.96. The van der Waals surface area contributed by atoms with Crippen molar-refractivity contribution in [1.29, 1.82) is 0 Å². The SMILES string of the molecule is ICC1OCCC12CC1CCC2C1. The highest BCUT2D eigenvalue weighted by atomic mass is 127. The molecular formula is C11H17IO. The highest BCUT2D eigenvalue weighted by Crippen LogP contribution is 2.61. The lowest BCUT2D eigenvalue weighted by molar-refractivity contribution is 0.0367. The Hall–Kier alpha value is 0.690. The molecule has 1 saturated heterocycles. The number of halogens is 1. The molecule has 0 aromatic rings. The van der Waals surface area contributed by atoms with Crippen LogP contribution >= 0.6 is 22.6 Å². The molecule has 1 heterocycles. The van der Waals surface area contributed by atoms with E-state index in [1.807, 2.05) is 0 Å². The molecule has 1 nitrogen and oxygen atoms in total. The zero-order chi connectivity index (χ0) is 8.89. The molecule has 3 aliphatic rings. The summed E-state index contributed by atoms with van der Waals surface area (Å²) in [7, 11) is 0. The lowest BCUT2D eigenvalue weighted by Gasteiger charge is -2.37. The van der Waals surface area contributed by atoms with Gasteiger partial charge >= 0.3 is 0 Å². The number of hydrogen-bond acceptors (Lipinski definition) is 1. The molecule has 0 N–H and O–H groups in total. The Morgan fingerprint density at radius 1 is 1.38 bits per heavy atom. The van der Waals surface area contributed by atoms with Gasteiger partial charge in [-0.05, 0) is 37.5 Å². The van der Waals surface area contributed by atoms with E-state index in [2.05, 4.69) is 22.6 Å². The van der Waals surface area contributed by atoms with Crippen LogP contribution < -0.4 is 0 Å². The van der Waals surface area contributed by atoms with Gasteiger partial charge in [0.15, 0.2) is 0 Å². The average molecular weight is 292 g/mol. The number of hydrogen-bond donors (Lipinski definition) is 0.